The van der Waals surface area contributed by atoms with Crippen LogP contribution in [0.1, 0.15) is 29.8 Å². The molecule has 0 aliphatic rings. The Bertz CT molecular complexity index is 1380. The third kappa shape index (κ3) is 8.83. The Balaban J connectivity index is 2.30. The van der Waals surface area contributed by atoms with E-state index in [1.807, 2.05) is 13.8 Å². The highest BCUT2D eigenvalue weighted by Crippen LogP contribution is 2.23. The minimum atomic E-state index is -4.66. The molecular formula is C22H23F3N2O7S2. The van der Waals surface area contributed by atoms with Crippen LogP contribution >= 0.6 is 0 Å². The van der Waals surface area contributed by atoms with E-state index in [1.165, 1.54) is 24.3 Å². The lowest BCUT2D eigenvalue weighted by Crippen LogP contribution is -2.32. The highest BCUT2D eigenvalue weighted by atomic mass is 32.2. The number of primary sulfonamides is 1. The number of hydrogen-bond acceptors (Lipinski definition) is 7. The number of carbonyl (C=O) groups excluding carboxylic acids is 1. The van der Waals surface area contributed by atoms with Gasteiger partial charge in [0.1, 0.15) is 28.8 Å². The molecule has 2 aromatic carbocycles. The molecule has 0 fully saturated rings. The smallest absolute Gasteiger partial charge is 0.411 e. The summed E-state index contributed by atoms with van der Waals surface area (Å²) in [6.45, 7) is 1.47. The maximum atomic E-state index is 12.7. The van der Waals surface area contributed by atoms with Gasteiger partial charge in [-0.1, -0.05) is 37.8 Å². The molecule has 0 aliphatic carbocycles. The summed E-state index contributed by atoms with van der Waals surface area (Å²) in [6, 6.07) is 8.25. The van der Waals surface area contributed by atoms with Crippen molar-refractivity contribution >= 4 is 26.0 Å². The monoisotopic (exact) mass is 548 g/mol. The zero-order valence-corrected chi connectivity index (χ0v) is 20.8. The first-order chi connectivity index (χ1) is 16.6. The van der Waals surface area contributed by atoms with E-state index in [1.54, 1.807) is 4.72 Å². The van der Waals surface area contributed by atoms with Crippen LogP contribution in [0.2, 0.25) is 0 Å². The lowest BCUT2D eigenvalue weighted by Gasteiger charge is -2.13. The van der Waals surface area contributed by atoms with Gasteiger partial charge in [-0.15, -0.1) is 0 Å². The molecule has 0 unspecified atom stereocenters. The highest BCUT2D eigenvalue weighted by Gasteiger charge is 2.28. The molecule has 3 N–H and O–H groups in total. The van der Waals surface area contributed by atoms with E-state index in [0.717, 1.165) is 18.2 Å². The molecule has 0 aliphatic heterocycles. The number of halogens is 3. The Hall–Kier alpha value is -3.12. The second kappa shape index (κ2) is 11.7. The number of nitrogens with one attached hydrogen (secondary N) is 1. The Morgan fingerprint density at radius 1 is 1.06 bits per heavy atom. The lowest BCUT2D eigenvalue weighted by molar-refractivity contribution is -0.175. The van der Waals surface area contributed by atoms with Crippen molar-refractivity contribution in [3.05, 3.63) is 53.6 Å². The minimum absolute atomic E-state index is 0.00810. The van der Waals surface area contributed by atoms with Crippen molar-refractivity contribution in [1.29, 1.82) is 0 Å². The third-order valence-electron chi connectivity index (χ3n) is 4.16. The van der Waals surface area contributed by atoms with Crippen LogP contribution in [-0.4, -0.2) is 48.7 Å². The van der Waals surface area contributed by atoms with E-state index in [0.29, 0.717) is 5.56 Å². The summed E-state index contributed by atoms with van der Waals surface area (Å²) in [5, 5.41) is 5.07. The SMILES string of the molecule is CC(C)C#Cc1ccc(C(=O)NS(=O)(=O)c2ccccc2S(N)(=O)=O)cc1OCCOCC(F)(F)F. The van der Waals surface area contributed by atoms with Crippen LogP contribution in [0.5, 0.6) is 5.75 Å². The van der Waals surface area contributed by atoms with Gasteiger partial charge in [0, 0.05) is 11.5 Å². The predicted octanol–water partition coefficient (Wildman–Crippen LogP) is 2.42. The maximum absolute atomic E-state index is 12.7. The molecule has 0 aromatic heterocycles. The van der Waals surface area contributed by atoms with Crippen LogP contribution in [0.3, 0.4) is 0 Å². The fourth-order valence-corrected chi connectivity index (χ4v) is 5.01. The summed E-state index contributed by atoms with van der Waals surface area (Å²) in [5.74, 6) is 4.55. The molecule has 0 spiro atoms. The molecule has 14 heteroatoms. The number of hydrogen-bond donors (Lipinski definition) is 2. The molecule has 0 radical (unpaired) electrons. The molecule has 196 valence electrons. The summed E-state index contributed by atoms with van der Waals surface area (Å²) in [5.41, 5.74) is 0.103. The van der Waals surface area contributed by atoms with Crippen molar-refractivity contribution in [3.63, 3.8) is 0 Å². The van der Waals surface area contributed by atoms with Gasteiger partial charge in [0.25, 0.3) is 15.9 Å². The Morgan fingerprint density at radius 3 is 2.28 bits per heavy atom. The number of sulfonamides is 2. The minimum Gasteiger partial charge on any atom is -0.490 e. The molecule has 36 heavy (non-hydrogen) atoms. The van der Waals surface area contributed by atoms with E-state index >= 15 is 0 Å². The Kier molecular flexibility index (Phi) is 9.50. The number of benzene rings is 2. The van der Waals surface area contributed by atoms with Gasteiger partial charge in [-0.25, -0.2) is 26.7 Å². The summed E-state index contributed by atoms with van der Waals surface area (Å²) >= 11 is 0. The number of alkyl halides is 3. The fraction of sp³-hybridized carbons (Fsp3) is 0.318. The molecule has 0 atom stereocenters. The van der Waals surface area contributed by atoms with Crippen molar-refractivity contribution in [3.8, 4) is 17.6 Å². The van der Waals surface area contributed by atoms with Gasteiger partial charge in [-0.2, -0.15) is 13.2 Å². The summed E-state index contributed by atoms with van der Waals surface area (Å²) in [7, 11) is -9.07. The van der Waals surface area contributed by atoms with Crippen LogP contribution in [0, 0.1) is 17.8 Å². The van der Waals surface area contributed by atoms with Crippen LogP contribution in [-0.2, 0) is 24.8 Å². The summed E-state index contributed by atoms with van der Waals surface area (Å²) in [6.07, 6.45) is -4.50. The molecule has 9 nitrogen and oxygen atoms in total. The van der Waals surface area contributed by atoms with Gasteiger partial charge in [0.2, 0.25) is 10.0 Å². The van der Waals surface area contributed by atoms with E-state index < -0.39 is 55.1 Å². The molecule has 2 rings (SSSR count). The largest absolute Gasteiger partial charge is 0.490 e. The molecule has 2 aromatic rings. The summed E-state index contributed by atoms with van der Waals surface area (Å²) in [4.78, 5) is 11.3. The average molecular weight is 549 g/mol. The van der Waals surface area contributed by atoms with Gasteiger partial charge in [-0.05, 0) is 30.3 Å². The number of nitrogens with two attached hydrogens (primary N) is 1. The number of carbonyl (C=O) groups is 1. The zero-order chi connectivity index (χ0) is 27.1. The van der Waals surface area contributed by atoms with Gasteiger partial charge < -0.3 is 9.47 Å². The van der Waals surface area contributed by atoms with Crippen molar-refractivity contribution in [2.24, 2.45) is 11.1 Å². The van der Waals surface area contributed by atoms with Crippen LogP contribution in [0.25, 0.3) is 0 Å². The van der Waals surface area contributed by atoms with Crippen molar-refractivity contribution in [2.75, 3.05) is 19.8 Å². The van der Waals surface area contributed by atoms with E-state index in [-0.39, 0.29) is 23.8 Å². The number of ether oxygens (including phenoxy) is 2. The normalized spacial score (nSPS) is 12.1. The molecular weight excluding hydrogens is 525 g/mol. The molecule has 1 amide bonds. The van der Waals surface area contributed by atoms with Crippen molar-refractivity contribution in [2.45, 2.75) is 29.8 Å². The lowest BCUT2D eigenvalue weighted by atomic mass is 10.1. The second-order valence-corrected chi connectivity index (χ2v) is 10.8. The zero-order valence-electron chi connectivity index (χ0n) is 19.1. The molecule has 0 heterocycles. The molecule has 0 saturated heterocycles. The summed E-state index contributed by atoms with van der Waals surface area (Å²) < 4.78 is 97.3. The van der Waals surface area contributed by atoms with E-state index in [2.05, 4.69) is 16.6 Å². The van der Waals surface area contributed by atoms with Crippen LogP contribution < -0.4 is 14.6 Å². The van der Waals surface area contributed by atoms with Crippen molar-refractivity contribution in [1.82, 2.24) is 4.72 Å². The average Bonchev–Trinajstić information content (AvgIpc) is 2.76. The van der Waals surface area contributed by atoms with Crippen molar-refractivity contribution < 1.29 is 44.3 Å². The second-order valence-electron chi connectivity index (χ2n) is 7.58. The van der Waals surface area contributed by atoms with Gasteiger partial charge in [0.05, 0.1) is 12.2 Å². The maximum Gasteiger partial charge on any atom is 0.411 e. The van der Waals surface area contributed by atoms with E-state index in [4.69, 9.17) is 9.88 Å². The van der Waals surface area contributed by atoms with Gasteiger partial charge in [-0.3, -0.25) is 4.79 Å². The first-order valence-corrected chi connectivity index (χ1v) is 13.2. The van der Waals surface area contributed by atoms with Crippen LogP contribution in [0.15, 0.2) is 52.3 Å². The van der Waals surface area contributed by atoms with Crippen LogP contribution in [0.4, 0.5) is 13.2 Å². The molecule has 0 bridgehead atoms. The van der Waals surface area contributed by atoms with Gasteiger partial charge in [0.15, 0.2) is 0 Å². The molecule has 0 saturated carbocycles. The number of rotatable bonds is 9. The quantitative estimate of drug-likeness (QED) is 0.362. The fourth-order valence-electron chi connectivity index (χ4n) is 2.65. The third-order valence-corrected chi connectivity index (χ3v) is 6.65. The first kappa shape index (κ1) is 29.1. The number of amides is 1. The first-order valence-electron chi connectivity index (χ1n) is 10.2. The predicted molar refractivity (Wildman–Crippen MR) is 123 cm³/mol. The van der Waals surface area contributed by atoms with Gasteiger partial charge >= 0.3 is 6.18 Å². The Labute approximate surface area is 206 Å². The Morgan fingerprint density at radius 2 is 1.69 bits per heavy atom. The standard InChI is InChI=1S/C22H23F3N2O7S2/c1-15(2)7-8-16-9-10-17(13-18(16)34-12-11-33-14-22(23,24)25)21(28)27-36(31,32)20-6-4-3-5-19(20)35(26,29)30/h3-6,9-10,13,15H,11-12,14H2,1-2H3,(H,27,28)(H2,26,29,30). The topological polar surface area (TPSA) is 142 Å². The van der Waals surface area contributed by atoms with E-state index in [9.17, 15) is 34.8 Å². The highest BCUT2D eigenvalue weighted by molar-refractivity contribution is 7.92.